The Morgan fingerprint density at radius 1 is 1.04 bits per heavy atom. The van der Waals surface area contributed by atoms with Crippen LogP contribution in [0.15, 0.2) is 79.4 Å². The summed E-state index contributed by atoms with van der Waals surface area (Å²) in [4.78, 5) is 23.0. The van der Waals surface area contributed by atoms with Crippen LogP contribution in [0.1, 0.15) is 48.0 Å². The fourth-order valence-electron chi connectivity index (χ4n) is 5.68. The molecule has 226 valence electrons. The second kappa shape index (κ2) is 12.5. The molecule has 8 nitrogen and oxygen atoms in total. The third-order valence-corrected chi connectivity index (χ3v) is 7.90. The van der Waals surface area contributed by atoms with Crippen molar-refractivity contribution in [1.29, 1.82) is 5.26 Å². The molecule has 4 heterocycles. The maximum Gasteiger partial charge on any atom is 0.251 e. The fraction of sp³-hybridized carbons (Fsp3) is 0.176. The van der Waals surface area contributed by atoms with Gasteiger partial charge in [0.15, 0.2) is 11.6 Å². The van der Waals surface area contributed by atoms with Gasteiger partial charge in [-0.15, -0.1) is 0 Å². The third kappa shape index (κ3) is 5.95. The Labute approximate surface area is 256 Å². The number of nitrogens with zero attached hydrogens (tertiary/aromatic N) is 4. The highest BCUT2D eigenvalue weighted by atomic mass is 19.1. The van der Waals surface area contributed by atoms with Gasteiger partial charge in [0.1, 0.15) is 23.4 Å². The number of amides is 1. The largest absolute Gasteiger partial charge is 0.381 e. The van der Waals surface area contributed by atoms with E-state index in [1.807, 2.05) is 35.0 Å². The van der Waals surface area contributed by atoms with E-state index in [-0.39, 0.29) is 39.2 Å². The lowest BCUT2D eigenvalue weighted by Crippen LogP contribution is -2.36. The zero-order valence-corrected chi connectivity index (χ0v) is 24.0. The molecule has 1 amide bonds. The average molecular weight is 608 g/mol. The monoisotopic (exact) mass is 607 g/mol. The zero-order chi connectivity index (χ0) is 31.5. The van der Waals surface area contributed by atoms with Gasteiger partial charge in [-0.25, -0.2) is 23.1 Å². The number of aromatic nitrogens is 4. The Bertz CT molecular complexity index is 2060. The summed E-state index contributed by atoms with van der Waals surface area (Å²) in [5, 5.41) is 13.0. The number of hydrogen-bond donors (Lipinski definition) is 3. The Morgan fingerprint density at radius 3 is 2.58 bits per heavy atom. The normalized spacial score (nSPS) is 13.3. The molecular weight excluding hydrogens is 579 g/mol. The van der Waals surface area contributed by atoms with Crippen LogP contribution in [0.5, 0.6) is 0 Å². The standard InChI is InChI=1S/C20H11F3N4.C14H17N3O/c21-11-6-12-14(9-26-19(12)15(22)7-11)18-13(8-24)16(17(23)20(25)27-18)10-4-2-1-3-5-10;18-14(16-12-4-2-1-3-5-12)11-6-8-17-9-7-15-13(17)10-11/h1-7,9,26H,(H2,25,27);6-10,12H,1-5H2,(H,16,18). The zero-order valence-electron chi connectivity index (χ0n) is 24.0. The lowest BCUT2D eigenvalue weighted by atomic mass is 9.95. The van der Waals surface area contributed by atoms with Crippen molar-refractivity contribution in [3.8, 4) is 28.5 Å². The first-order valence-corrected chi connectivity index (χ1v) is 14.5. The Balaban J connectivity index is 0.000000172. The lowest BCUT2D eigenvalue weighted by molar-refractivity contribution is 0.0927. The van der Waals surface area contributed by atoms with Gasteiger partial charge in [0.05, 0.1) is 16.8 Å². The number of nitriles is 1. The van der Waals surface area contributed by atoms with Crippen LogP contribution >= 0.6 is 0 Å². The van der Waals surface area contributed by atoms with Gasteiger partial charge in [0, 0.05) is 59.0 Å². The summed E-state index contributed by atoms with van der Waals surface area (Å²) in [5.74, 6) is -2.77. The Hall–Kier alpha value is -5.63. The molecule has 11 heteroatoms. The van der Waals surface area contributed by atoms with Gasteiger partial charge in [-0.2, -0.15) is 5.26 Å². The Kier molecular flexibility index (Phi) is 8.20. The minimum atomic E-state index is -0.821. The molecule has 1 fully saturated rings. The highest BCUT2D eigenvalue weighted by molar-refractivity contribution is 5.98. The summed E-state index contributed by atoms with van der Waals surface area (Å²) in [5.41, 5.74) is 7.97. The van der Waals surface area contributed by atoms with Crippen molar-refractivity contribution in [2.45, 2.75) is 38.1 Å². The number of aromatic amines is 1. The van der Waals surface area contributed by atoms with Crippen molar-refractivity contribution < 1.29 is 18.0 Å². The predicted octanol–water partition coefficient (Wildman–Crippen LogP) is 7.16. The number of fused-ring (bicyclic) bond motifs is 2. The van der Waals surface area contributed by atoms with Gasteiger partial charge >= 0.3 is 0 Å². The minimum absolute atomic E-state index is 0.00757. The van der Waals surface area contributed by atoms with Crippen molar-refractivity contribution >= 4 is 28.3 Å². The van der Waals surface area contributed by atoms with Crippen LogP contribution in [0.2, 0.25) is 0 Å². The maximum absolute atomic E-state index is 14.7. The number of benzene rings is 2. The van der Waals surface area contributed by atoms with Crippen molar-refractivity contribution in [2.24, 2.45) is 0 Å². The second-order valence-corrected chi connectivity index (χ2v) is 10.8. The van der Waals surface area contributed by atoms with Crippen molar-refractivity contribution in [3.05, 3.63) is 108 Å². The molecule has 0 radical (unpaired) electrons. The first kappa shape index (κ1) is 29.4. The molecule has 0 aliphatic heterocycles. The molecule has 1 aliphatic carbocycles. The van der Waals surface area contributed by atoms with E-state index in [1.165, 1.54) is 25.5 Å². The number of H-pyrrole nitrogens is 1. The summed E-state index contributed by atoms with van der Waals surface area (Å²) >= 11 is 0. The quantitative estimate of drug-likeness (QED) is 0.196. The summed E-state index contributed by atoms with van der Waals surface area (Å²) in [7, 11) is 0. The van der Waals surface area contributed by atoms with E-state index < -0.39 is 23.3 Å². The molecule has 1 aliphatic rings. The van der Waals surface area contributed by atoms with Crippen molar-refractivity contribution in [2.75, 3.05) is 5.73 Å². The molecule has 2 aromatic carbocycles. The van der Waals surface area contributed by atoms with Crippen molar-refractivity contribution in [3.63, 3.8) is 0 Å². The van der Waals surface area contributed by atoms with E-state index in [0.29, 0.717) is 17.2 Å². The van der Waals surface area contributed by atoms with Crippen LogP contribution in [-0.4, -0.2) is 31.3 Å². The summed E-state index contributed by atoms with van der Waals surface area (Å²) in [6, 6.07) is 16.3. The van der Waals surface area contributed by atoms with Gasteiger partial charge in [-0.05, 0) is 36.6 Å². The van der Waals surface area contributed by atoms with E-state index >= 15 is 0 Å². The number of imidazole rings is 1. The predicted molar refractivity (Wildman–Crippen MR) is 165 cm³/mol. The van der Waals surface area contributed by atoms with Gasteiger partial charge in [0.25, 0.3) is 5.91 Å². The van der Waals surface area contributed by atoms with Crippen LogP contribution in [0.25, 0.3) is 38.9 Å². The van der Waals surface area contributed by atoms with E-state index in [2.05, 4.69) is 20.3 Å². The molecule has 0 atom stereocenters. The smallest absolute Gasteiger partial charge is 0.251 e. The Morgan fingerprint density at radius 2 is 1.82 bits per heavy atom. The molecule has 7 rings (SSSR count). The number of carbonyl (C=O) groups is 1. The van der Waals surface area contributed by atoms with Gasteiger partial charge in [-0.1, -0.05) is 49.6 Å². The lowest BCUT2D eigenvalue weighted by Gasteiger charge is -2.22. The molecule has 0 bridgehead atoms. The van der Waals surface area contributed by atoms with Gasteiger partial charge < -0.3 is 20.4 Å². The first-order valence-electron chi connectivity index (χ1n) is 14.5. The molecular formula is C34H28F3N7O. The fourth-order valence-corrected chi connectivity index (χ4v) is 5.68. The average Bonchev–Trinajstić information content (AvgIpc) is 3.70. The number of hydrogen-bond acceptors (Lipinski definition) is 5. The summed E-state index contributed by atoms with van der Waals surface area (Å²) in [6.07, 6.45) is 12.8. The van der Waals surface area contributed by atoms with Gasteiger partial charge in [0.2, 0.25) is 0 Å². The minimum Gasteiger partial charge on any atom is -0.381 e. The number of halogens is 3. The first-order chi connectivity index (χ1) is 21.8. The molecule has 6 aromatic rings. The topological polar surface area (TPSA) is 125 Å². The molecule has 0 spiro atoms. The van der Waals surface area contributed by atoms with Crippen LogP contribution in [-0.2, 0) is 0 Å². The molecule has 1 saturated carbocycles. The second-order valence-electron chi connectivity index (χ2n) is 10.8. The summed E-state index contributed by atoms with van der Waals surface area (Å²) in [6.45, 7) is 0. The number of rotatable bonds is 4. The highest BCUT2D eigenvalue weighted by Crippen LogP contribution is 2.38. The number of carbonyl (C=O) groups excluding carboxylic acids is 1. The number of nitrogens with two attached hydrogens (primary N) is 1. The SMILES string of the molecule is N#Cc1c(-c2c[nH]c3c(F)cc(F)cc23)nc(N)c(F)c1-c1ccccc1.O=C(NC1CCCCC1)c1ccn2ccnc2c1. The van der Waals surface area contributed by atoms with E-state index in [9.17, 15) is 23.2 Å². The highest BCUT2D eigenvalue weighted by Gasteiger charge is 2.23. The molecule has 4 aromatic heterocycles. The van der Waals surface area contributed by atoms with Crippen LogP contribution in [0, 0.1) is 28.8 Å². The molecule has 0 saturated heterocycles. The molecule has 45 heavy (non-hydrogen) atoms. The summed E-state index contributed by atoms with van der Waals surface area (Å²) < 4.78 is 44.4. The van der Waals surface area contributed by atoms with E-state index in [4.69, 9.17) is 5.73 Å². The maximum atomic E-state index is 14.7. The van der Waals surface area contributed by atoms with E-state index in [1.54, 1.807) is 36.5 Å². The van der Waals surface area contributed by atoms with Crippen LogP contribution < -0.4 is 11.1 Å². The van der Waals surface area contributed by atoms with Crippen molar-refractivity contribution in [1.82, 2.24) is 24.7 Å². The van der Waals surface area contributed by atoms with Crippen LogP contribution in [0.3, 0.4) is 0 Å². The number of nitrogen functional groups attached to an aromatic ring is 1. The number of pyridine rings is 2. The number of anilines is 1. The molecule has 0 unspecified atom stereocenters. The number of nitrogens with one attached hydrogen (secondary N) is 2. The molecule has 4 N–H and O–H groups in total. The van der Waals surface area contributed by atoms with Crippen LogP contribution in [0.4, 0.5) is 19.0 Å². The van der Waals surface area contributed by atoms with Gasteiger partial charge in [-0.3, -0.25) is 4.79 Å². The third-order valence-electron chi connectivity index (χ3n) is 7.90. The van der Waals surface area contributed by atoms with E-state index in [0.717, 1.165) is 30.6 Å².